The highest BCUT2D eigenvalue weighted by Crippen LogP contribution is 2.18. The molecule has 1 aromatic carbocycles. The molecule has 0 spiro atoms. The van der Waals surface area contributed by atoms with Crippen LogP contribution in [0.2, 0.25) is 0 Å². The molecule has 150 valence electrons. The first-order valence-electron chi connectivity index (χ1n) is 9.76. The quantitative estimate of drug-likeness (QED) is 0.669. The Morgan fingerprint density at radius 2 is 1.07 bits per heavy atom. The minimum absolute atomic E-state index is 0.197. The Labute approximate surface area is 164 Å². The van der Waals surface area contributed by atoms with E-state index in [-0.39, 0.29) is 37.0 Å². The average Bonchev–Trinajstić information content (AvgIpc) is 3.08. The van der Waals surface area contributed by atoms with Gasteiger partial charge in [0.1, 0.15) is 12.1 Å². The number of nitrogens with one attached hydrogen (secondary N) is 2. The van der Waals surface area contributed by atoms with Gasteiger partial charge >= 0.3 is 12.1 Å². The second-order valence-electron chi connectivity index (χ2n) is 7.25. The van der Waals surface area contributed by atoms with E-state index in [9.17, 15) is 19.2 Å². The molecular formula is C20H26N4O4. The van der Waals surface area contributed by atoms with Crippen molar-refractivity contribution in [2.45, 2.75) is 64.7 Å². The standard InChI is InChI=1S/C20H26N4O4/c1-3-5-15-17(25)23(19(27)21-15)11-13-7-9-14(10-8-13)12-24-18(26)16(6-4-2)22-20(24)28/h7-10,15-16H,3-6,11-12H2,1-2H3,(H,21,27)(H,22,28). The Morgan fingerprint density at radius 1 is 0.714 bits per heavy atom. The second-order valence-corrected chi connectivity index (χ2v) is 7.25. The molecule has 2 saturated heterocycles. The molecule has 2 unspecified atom stereocenters. The maximum atomic E-state index is 12.3. The summed E-state index contributed by atoms with van der Waals surface area (Å²) in [5, 5.41) is 5.42. The van der Waals surface area contributed by atoms with E-state index in [2.05, 4.69) is 10.6 Å². The minimum atomic E-state index is -0.437. The molecule has 2 N–H and O–H groups in total. The van der Waals surface area contributed by atoms with E-state index in [1.807, 2.05) is 38.1 Å². The predicted molar refractivity (Wildman–Crippen MR) is 102 cm³/mol. The van der Waals surface area contributed by atoms with Crippen molar-refractivity contribution in [2.75, 3.05) is 0 Å². The van der Waals surface area contributed by atoms with Crippen LogP contribution in [0.5, 0.6) is 0 Å². The highest BCUT2D eigenvalue weighted by molar-refractivity contribution is 6.04. The van der Waals surface area contributed by atoms with Crippen LogP contribution in [0.1, 0.15) is 50.7 Å². The van der Waals surface area contributed by atoms with Crippen LogP contribution < -0.4 is 10.6 Å². The van der Waals surface area contributed by atoms with Crippen LogP contribution in [-0.4, -0.2) is 45.8 Å². The smallest absolute Gasteiger partial charge is 0.325 e. The van der Waals surface area contributed by atoms with Crippen molar-refractivity contribution < 1.29 is 19.2 Å². The molecule has 2 aliphatic heterocycles. The first-order valence-corrected chi connectivity index (χ1v) is 9.76. The summed E-state index contributed by atoms with van der Waals surface area (Å²) in [6.45, 7) is 4.34. The summed E-state index contributed by atoms with van der Waals surface area (Å²) < 4.78 is 0. The van der Waals surface area contributed by atoms with Crippen LogP contribution in [-0.2, 0) is 22.7 Å². The Hall–Kier alpha value is -2.90. The van der Waals surface area contributed by atoms with Gasteiger partial charge in [-0.1, -0.05) is 51.0 Å². The highest BCUT2D eigenvalue weighted by atomic mass is 16.2. The summed E-state index contributed by atoms with van der Waals surface area (Å²) in [4.78, 5) is 51.1. The van der Waals surface area contributed by atoms with Crippen molar-refractivity contribution in [3.8, 4) is 0 Å². The van der Waals surface area contributed by atoms with Gasteiger partial charge in [-0.15, -0.1) is 0 Å². The van der Waals surface area contributed by atoms with Gasteiger partial charge in [-0.25, -0.2) is 9.59 Å². The van der Waals surface area contributed by atoms with Crippen molar-refractivity contribution >= 4 is 23.9 Å². The van der Waals surface area contributed by atoms with Crippen LogP contribution in [0.15, 0.2) is 24.3 Å². The molecule has 28 heavy (non-hydrogen) atoms. The molecule has 0 aliphatic carbocycles. The van der Waals surface area contributed by atoms with Crippen molar-refractivity contribution in [1.82, 2.24) is 20.4 Å². The number of carbonyl (C=O) groups is 4. The molecule has 2 aliphatic rings. The van der Waals surface area contributed by atoms with E-state index in [4.69, 9.17) is 0 Å². The van der Waals surface area contributed by atoms with Gasteiger partial charge in [0.05, 0.1) is 13.1 Å². The van der Waals surface area contributed by atoms with Crippen molar-refractivity contribution in [2.24, 2.45) is 0 Å². The molecule has 3 rings (SSSR count). The van der Waals surface area contributed by atoms with Gasteiger partial charge in [0.15, 0.2) is 0 Å². The maximum absolute atomic E-state index is 12.3. The van der Waals surface area contributed by atoms with E-state index in [1.165, 1.54) is 9.80 Å². The summed E-state index contributed by atoms with van der Waals surface area (Å²) in [6.07, 6.45) is 2.90. The number of nitrogens with zero attached hydrogens (tertiary/aromatic N) is 2. The molecule has 2 atom stereocenters. The summed E-state index contributed by atoms with van der Waals surface area (Å²) in [6, 6.07) is 5.63. The lowest BCUT2D eigenvalue weighted by Crippen LogP contribution is -2.31. The first-order chi connectivity index (χ1) is 13.4. The molecule has 0 radical (unpaired) electrons. The summed E-state index contributed by atoms with van der Waals surface area (Å²) in [5.41, 5.74) is 1.62. The fourth-order valence-corrected chi connectivity index (χ4v) is 3.54. The number of carbonyl (C=O) groups excluding carboxylic acids is 4. The molecule has 6 amide bonds. The molecule has 8 heteroatoms. The molecule has 2 heterocycles. The Morgan fingerprint density at radius 3 is 1.39 bits per heavy atom. The number of hydrogen-bond donors (Lipinski definition) is 2. The largest absolute Gasteiger partial charge is 0.326 e. The van der Waals surface area contributed by atoms with E-state index >= 15 is 0 Å². The predicted octanol–water partition coefficient (Wildman–Crippen LogP) is 2.13. The zero-order valence-electron chi connectivity index (χ0n) is 16.2. The van der Waals surface area contributed by atoms with Crippen LogP contribution in [0.3, 0.4) is 0 Å². The van der Waals surface area contributed by atoms with E-state index in [0.717, 1.165) is 24.0 Å². The van der Waals surface area contributed by atoms with E-state index in [1.54, 1.807) is 0 Å². The van der Waals surface area contributed by atoms with Gasteiger partial charge in [0.25, 0.3) is 11.8 Å². The SMILES string of the molecule is CCCC1NC(=O)N(Cc2ccc(CN3C(=O)NC(CCC)C3=O)cc2)C1=O. The van der Waals surface area contributed by atoms with Crippen LogP contribution in [0.4, 0.5) is 9.59 Å². The first kappa shape index (κ1) is 19.9. The third kappa shape index (κ3) is 4.00. The zero-order chi connectivity index (χ0) is 20.3. The highest BCUT2D eigenvalue weighted by Gasteiger charge is 2.38. The van der Waals surface area contributed by atoms with Gasteiger partial charge in [0, 0.05) is 0 Å². The van der Waals surface area contributed by atoms with Crippen molar-refractivity contribution in [1.29, 1.82) is 0 Å². The zero-order valence-corrected chi connectivity index (χ0v) is 16.2. The molecule has 1 aromatic rings. The molecule has 2 fully saturated rings. The number of imide groups is 2. The minimum Gasteiger partial charge on any atom is -0.326 e. The van der Waals surface area contributed by atoms with Gasteiger partial charge in [-0.05, 0) is 24.0 Å². The molecular weight excluding hydrogens is 360 g/mol. The number of benzene rings is 1. The van der Waals surface area contributed by atoms with Crippen LogP contribution >= 0.6 is 0 Å². The number of hydrogen-bond acceptors (Lipinski definition) is 4. The summed E-state index contributed by atoms with van der Waals surface area (Å²) >= 11 is 0. The normalized spacial score (nSPS) is 22.1. The fraction of sp³-hybridized carbons (Fsp3) is 0.500. The van der Waals surface area contributed by atoms with Crippen LogP contribution in [0, 0.1) is 0 Å². The molecule has 0 saturated carbocycles. The van der Waals surface area contributed by atoms with Gasteiger partial charge in [-0.2, -0.15) is 0 Å². The summed E-state index contributed by atoms with van der Waals surface area (Å²) in [7, 11) is 0. The molecule has 0 bridgehead atoms. The lowest BCUT2D eigenvalue weighted by atomic mass is 10.1. The Kier molecular flexibility index (Phi) is 5.96. The lowest BCUT2D eigenvalue weighted by Gasteiger charge is -2.15. The average molecular weight is 386 g/mol. The van der Waals surface area contributed by atoms with E-state index < -0.39 is 12.1 Å². The topological polar surface area (TPSA) is 98.8 Å². The van der Waals surface area contributed by atoms with Crippen LogP contribution in [0.25, 0.3) is 0 Å². The lowest BCUT2D eigenvalue weighted by molar-refractivity contribution is -0.128. The fourth-order valence-electron chi connectivity index (χ4n) is 3.54. The van der Waals surface area contributed by atoms with Gasteiger partial charge in [-0.3, -0.25) is 19.4 Å². The van der Waals surface area contributed by atoms with Crippen molar-refractivity contribution in [3.63, 3.8) is 0 Å². The third-order valence-corrected chi connectivity index (χ3v) is 5.07. The number of rotatable bonds is 8. The molecule has 8 nitrogen and oxygen atoms in total. The number of amides is 6. The van der Waals surface area contributed by atoms with Gasteiger partial charge < -0.3 is 10.6 Å². The Bertz CT molecular complexity index is 712. The maximum Gasteiger partial charge on any atom is 0.325 e. The van der Waals surface area contributed by atoms with Gasteiger partial charge in [0.2, 0.25) is 0 Å². The van der Waals surface area contributed by atoms with Crippen molar-refractivity contribution in [3.05, 3.63) is 35.4 Å². The molecule has 0 aromatic heterocycles. The Balaban J connectivity index is 1.61. The second kappa shape index (κ2) is 8.41. The third-order valence-electron chi connectivity index (χ3n) is 5.07. The monoisotopic (exact) mass is 386 g/mol. The number of urea groups is 2. The summed E-state index contributed by atoms with van der Waals surface area (Å²) in [5.74, 6) is -0.394. The van der Waals surface area contributed by atoms with E-state index in [0.29, 0.717) is 12.8 Å².